The smallest absolute Gasteiger partial charge is 0.229 e. The maximum atomic E-state index is 13.2. The molecule has 7 heteroatoms. The highest BCUT2D eigenvalue weighted by atomic mass is 79.9. The van der Waals surface area contributed by atoms with Crippen molar-refractivity contribution >= 4 is 27.8 Å². The van der Waals surface area contributed by atoms with Gasteiger partial charge in [-0.2, -0.15) is 0 Å². The number of aliphatic hydroxyl groups excluding tert-OH is 1. The number of rotatable bonds is 2. The average molecular weight is 409 g/mol. The minimum Gasteiger partial charge on any atom is -0.393 e. The van der Waals surface area contributed by atoms with Gasteiger partial charge < -0.3 is 14.9 Å². The van der Waals surface area contributed by atoms with Crippen LogP contribution in [0, 0.1) is 5.41 Å². The molecular weight excluding hydrogens is 384 g/mol. The number of anilines is 1. The molecule has 3 heterocycles. The van der Waals surface area contributed by atoms with Gasteiger partial charge in [0.05, 0.1) is 16.0 Å². The van der Waals surface area contributed by atoms with Gasteiger partial charge in [0.1, 0.15) is 0 Å². The fourth-order valence-electron chi connectivity index (χ4n) is 4.63. The number of carbonyl (C=O) groups is 1. The third-order valence-corrected chi connectivity index (χ3v) is 6.67. The molecule has 0 aromatic carbocycles. The Morgan fingerprint density at radius 2 is 1.64 bits per heavy atom. The molecule has 25 heavy (non-hydrogen) atoms. The van der Waals surface area contributed by atoms with Crippen LogP contribution in [0.2, 0.25) is 0 Å². The molecule has 1 amide bonds. The van der Waals surface area contributed by atoms with Crippen LogP contribution in [0.15, 0.2) is 16.9 Å². The molecule has 4 rings (SSSR count). The van der Waals surface area contributed by atoms with Crippen LogP contribution < -0.4 is 4.90 Å². The van der Waals surface area contributed by atoms with E-state index in [0.717, 1.165) is 75.0 Å². The first-order chi connectivity index (χ1) is 12.1. The standard InChI is InChI=1S/C18H25BrN4O2/c19-13-11-20-17(21-12-13)22-8-5-18(6-9-22)7-10-23(16(18)25)14-1-3-15(24)4-2-14/h11-12,14-15,24H,1-10H2/t14-,15-. The number of aliphatic hydroxyl groups is 1. The van der Waals surface area contributed by atoms with E-state index in [4.69, 9.17) is 0 Å². The van der Waals surface area contributed by atoms with Gasteiger partial charge in [0.15, 0.2) is 0 Å². The normalized spacial score (nSPS) is 29.4. The summed E-state index contributed by atoms with van der Waals surface area (Å²) in [6.07, 6.45) is 9.67. The van der Waals surface area contributed by atoms with Gasteiger partial charge in [0, 0.05) is 38.1 Å². The first kappa shape index (κ1) is 17.2. The van der Waals surface area contributed by atoms with E-state index < -0.39 is 0 Å². The van der Waals surface area contributed by atoms with Gasteiger partial charge in [-0.1, -0.05) is 0 Å². The lowest BCUT2D eigenvalue weighted by molar-refractivity contribution is -0.139. The monoisotopic (exact) mass is 408 g/mol. The van der Waals surface area contributed by atoms with Crippen molar-refractivity contribution in [3.63, 3.8) is 0 Å². The first-order valence-electron chi connectivity index (χ1n) is 9.29. The molecule has 0 bridgehead atoms. The van der Waals surface area contributed by atoms with E-state index in [1.54, 1.807) is 12.4 Å². The quantitative estimate of drug-likeness (QED) is 0.812. The van der Waals surface area contributed by atoms with Crippen LogP contribution in [0.25, 0.3) is 0 Å². The number of hydrogen-bond donors (Lipinski definition) is 1. The van der Waals surface area contributed by atoms with E-state index in [0.29, 0.717) is 11.9 Å². The van der Waals surface area contributed by atoms with Gasteiger partial charge in [0.2, 0.25) is 11.9 Å². The summed E-state index contributed by atoms with van der Waals surface area (Å²) in [5.41, 5.74) is -0.179. The van der Waals surface area contributed by atoms with E-state index in [9.17, 15) is 9.90 Å². The summed E-state index contributed by atoms with van der Waals surface area (Å²) in [4.78, 5) is 26.2. The maximum absolute atomic E-state index is 13.2. The minimum atomic E-state index is -0.179. The van der Waals surface area contributed by atoms with Gasteiger partial charge in [-0.3, -0.25) is 4.79 Å². The van der Waals surface area contributed by atoms with E-state index >= 15 is 0 Å². The molecule has 2 aliphatic heterocycles. The molecule has 3 fully saturated rings. The second-order valence-electron chi connectivity index (χ2n) is 7.68. The molecule has 1 spiro atoms. The van der Waals surface area contributed by atoms with Crippen LogP contribution in [0.5, 0.6) is 0 Å². The molecule has 136 valence electrons. The number of aromatic nitrogens is 2. The van der Waals surface area contributed by atoms with Crippen molar-refractivity contribution in [2.24, 2.45) is 5.41 Å². The van der Waals surface area contributed by atoms with E-state index in [2.05, 4.69) is 35.7 Å². The Kier molecular flexibility index (Phi) is 4.71. The molecule has 1 aliphatic carbocycles. The third kappa shape index (κ3) is 3.28. The molecule has 1 N–H and O–H groups in total. The minimum absolute atomic E-state index is 0.169. The first-order valence-corrected chi connectivity index (χ1v) is 10.1. The molecular formula is C18H25BrN4O2. The number of amides is 1. The number of nitrogens with zero attached hydrogens (tertiary/aromatic N) is 4. The van der Waals surface area contributed by atoms with Gasteiger partial charge >= 0.3 is 0 Å². The fourth-order valence-corrected chi connectivity index (χ4v) is 4.84. The Hall–Kier alpha value is -1.21. The second kappa shape index (κ2) is 6.83. The predicted octanol–water partition coefficient (Wildman–Crippen LogP) is 2.36. The Morgan fingerprint density at radius 3 is 2.28 bits per heavy atom. The van der Waals surface area contributed by atoms with Crippen molar-refractivity contribution in [3.8, 4) is 0 Å². The van der Waals surface area contributed by atoms with Crippen molar-refractivity contribution in [1.82, 2.24) is 14.9 Å². The predicted molar refractivity (Wildman–Crippen MR) is 98.2 cm³/mol. The van der Waals surface area contributed by atoms with Crippen LogP contribution >= 0.6 is 15.9 Å². The van der Waals surface area contributed by atoms with Crippen molar-refractivity contribution in [1.29, 1.82) is 0 Å². The lowest BCUT2D eigenvalue weighted by Crippen LogP contribution is -2.47. The molecule has 2 saturated heterocycles. The summed E-state index contributed by atoms with van der Waals surface area (Å²) in [6.45, 7) is 2.56. The summed E-state index contributed by atoms with van der Waals surface area (Å²) >= 11 is 3.36. The zero-order chi connectivity index (χ0) is 17.4. The van der Waals surface area contributed by atoms with Crippen LogP contribution in [0.4, 0.5) is 5.95 Å². The number of hydrogen-bond acceptors (Lipinski definition) is 5. The SMILES string of the molecule is O=C1N([C@H]2CC[C@H](O)CC2)CCC12CCN(c1ncc(Br)cn1)CC2. The van der Waals surface area contributed by atoms with Crippen molar-refractivity contribution in [2.45, 2.75) is 57.1 Å². The van der Waals surface area contributed by atoms with Gasteiger partial charge in [-0.25, -0.2) is 9.97 Å². The molecule has 0 unspecified atom stereocenters. The maximum Gasteiger partial charge on any atom is 0.229 e. The van der Waals surface area contributed by atoms with Gasteiger partial charge in [0.25, 0.3) is 0 Å². The van der Waals surface area contributed by atoms with Crippen molar-refractivity contribution in [3.05, 3.63) is 16.9 Å². The highest BCUT2D eigenvalue weighted by molar-refractivity contribution is 9.10. The average Bonchev–Trinajstić information content (AvgIpc) is 2.94. The Bertz CT molecular complexity index is 622. The zero-order valence-electron chi connectivity index (χ0n) is 14.4. The number of carbonyl (C=O) groups excluding carboxylic acids is 1. The summed E-state index contributed by atoms with van der Waals surface area (Å²) in [6, 6.07) is 0.336. The zero-order valence-corrected chi connectivity index (χ0v) is 16.0. The lowest BCUT2D eigenvalue weighted by Gasteiger charge is -2.39. The molecule has 1 aromatic rings. The topological polar surface area (TPSA) is 69.6 Å². The lowest BCUT2D eigenvalue weighted by atomic mass is 9.77. The Labute approximate surface area is 156 Å². The largest absolute Gasteiger partial charge is 0.393 e. The molecule has 1 aromatic heterocycles. The van der Waals surface area contributed by atoms with E-state index in [1.807, 2.05) is 0 Å². The summed E-state index contributed by atoms with van der Waals surface area (Å²) in [5, 5.41) is 9.71. The van der Waals surface area contributed by atoms with Crippen LogP contribution in [-0.4, -0.2) is 57.7 Å². The summed E-state index contributed by atoms with van der Waals surface area (Å²) in [5.74, 6) is 1.10. The fraction of sp³-hybridized carbons (Fsp3) is 0.722. The molecule has 1 saturated carbocycles. The Balaban J connectivity index is 1.39. The van der Waals surface area contributed by atoms with Crippen LogP contribution in [0.3, 0.4) is 0 Å². The second-order valence-corrected chi connectivity index (χ2v) is 8.60. The molecule has 3 aliphatic rings. The molecule has 6 nitrogen and oxygen atoms in total. The van der Waals surface area contributed by atoms with Crippen LogP contribution in [-0.2, 0) is 4.79 Å². The Morgan fingerprint density at radius 1 is 1.04 bits per heavy atom. The molecule has 0 radical (unpaired) electrons. The van der Waals surface area contributed by atoms with Crippen molar-refractivity contribution < 1.29 is 9.90 Å². The van der Waals surface area contributed by atoms with E-state index in [1.165, 1.54) is 0 Å². The highest BCUT2D eigenvalue weighted by Gasteiger charge is 2.50. The summed E-state index contributed by atoms with van der Waals surface area (Å²) in [7, 11) is 0. The van der Waals surface area contributed by atoms with E-state index in [-0.39, 0.29) is 11.5 Å². The third-order valence-electron chi connectivity index (χ3n) is 6.26. The highest BCUT2D eigenvalue weighted by Crippen LogP contribution is 2.44. The number of likely N-dealkylation sites (tertiary alicyclic amines) is 1. The number of piperidine rings is 1. The van der Waals surface area contributed by atoms with Crippen LogP contribution in [0.1, 0.15) is 44.9 Å². The number of halogens is 1. The summed E-state index contributed by atoms with van der Waals surface area (Å²) < 4.78 is 0.879. The molecule has 0 atom stereocenters. The van der Waals surface area contributed by atoms with Gasteiger partial charge in [-0.15, -0.1) is 0 Å². The van der Waals surface area contributed by atoms with Crippen molar-refractivity contribution in [2.75, 3.05) is 24.5 Å². The van der Waals surface area contributed by atoms with Gasteiger partial charge in [-0.05, 0) is 60.9 Å².